The van der Waals surface area contributed by atoms with Crippen LogP contribution in [0.2, 0.25) is 0 Å². The van der Waals surface area contributed by atoms with Gasteiger partial charge in [0.15, 0.2) is 0 Å². The molecule has 0 aliphatic carbocycles. The quantitative estimate of drug-likeness (QED) is 0.326. The Morgan fingerprint density at radius 1 is 1.67 bits per heavy atom. The molecule has 0 saturated carbocycles. The average molecular weight is 187 g/mol. The second-order valence-corrected chi connectivity index (χ2v) is 3.39. The Bertz CT molecular complexity index is 207. The molecule has 0 bridgehead atoms. The average Bonchev–Trinajstić information content (AvgIpc) is 2.36. The number of amides is 1. The zero-order chi connectivity index (χ0) is 9.14. The van der Waals surface area contributed by atoms with E-state index in [9.17, 15) is 4.79 Å². The third kappa shape index (κ3) is 2.23. The maximum atomic E-state index is 11.1. The number of rotatable bonds is 2. The van der Waals surface area contributed by atoms with Gasteiger partial charge in [-0.25, -0.2) is 0 Å². The first-order valence-corrected chi connectivity index (χ1v) is 4.21. The molecule has 0 radical (unpaired) electrons. The van der Waals surface area contributed by atoms with Crippen LogP contribution in [-0.2, 0) is 4.79 Å². The summed E-state index contributed by atoms with van der Waals surface area (Å²) in [6, 6.07) is -0.0111. The zero-order valence-electron chi connectivity index (χ0n) is 6.71. The summed E-state index contributed by atoms with van der Waals surface area (Å²) in [7, 11) is 0. The number of hydrogen-bond acceptors (Lipinski definition) is 4. The molecule has 1 unspecified atom stereocenters. The van der Waals surface area contributed by atoms with Crippen LogP contribution in [0.3, 0.4) is 0 Å². The van der Waals surface area contributed by atoms with Gasteiger partial charge in [0.25, 0.3) is 5.91 Å². The van der Waals surface area contributed by atoms with Gasteiger partial charge in [-0.15, -0.1) is 12.6 Å². The molecule has 0 aromatic rings. The van der Waals surface area contributed by atoms with Crippen LogP contribution in [0, 0.1) is 0 Å². The minimum absolute atomic E-state index is 0.00130. The van der Waals surface area contributed by atoms with Gasteiger partial charge in [0.05, 0.1) is 10.9 Å². The largest absolute Gasteiger partial charge is 0.346 e. The summed E-state index contributed by atoms with van der Waals surface area (Å²) in [5.74, 6) is -0.248. The van der Waals surface area contributed by atoms with E-state index >= 15 is 0 Å². The van der Waals surface area contributed by atoms with Crippen LogP contribution >= 0.6 is 12.6 Å². The summed E-state index contributed by atoms with van der Waals surface area (Å²) in [4.78, 5) is 11.3. The van der Waals surface area contributed by atoms with E-state index in [0.717, 1.165) is 6.54 Å². The molecule has 1 amide bonds. The van der Waals surface area contributed by atoms with E-state index in [1.165, 1.54) is 0 Å². The van der Waals surface area contributed by atoms with Crippen LogP contribution in [0.1, 0.15) is 0 Å². The molecule has 5 heteroatoms. The Labute approximate surface area is 77.0 Å². The van der Waals surface area contributed by atoms with Crippen LogP contribution in [0.15, 0.2) is 11.5 Å². The predicted molar refractivity (Wildman–Crippen MR) is 50.9 cm³/mol. The summed E-state index contributed by atoms with van der Waals surface area (Å²) in [6.45, 7) is 4.87. The lowest BCUT2D eigenvalue weighted by molar-refractivity contribution is -0.117. The Morgan fingerprint density at radius 2 is 2.33 bits per heavy atom. The molecular formula is C7H13N3OS. The number of thiol groups is 1. The van der Waals surface area contributed by atoms with Crippen molar-refractivity contribution >= 4 is 18.5 Å². The summed E-state index contributed by atoms with van der Waals surface area (Å²) in [5.41, 5.74) is 5.70. The van der Waals surface area contributed by atoms with E-state index in [1.54, 1.807) is 0 Å². The second-order valence-electron chi connectivity index (χ2n) is 2.85. The van der Waals surface area contributed by atoms with E-state index in [0.29, 0.717) is 6.54 Å². The fourth-order valence-electron chi connectivity index (χ4n) is 1.11. The first kappa shape index (κ1) is 9.57. The lowest BCUT2D eigenvalue weighted by atomic mass is 10.2. The Kier molecular flexibility index (Phi) is 3.13. The number of carbonyl (C=O) groups excluding carboxylic acids is 1. The molecule has 0 aromatic heterocycles. The number of nitrogens with two attached hydrogens (primary N) is 1. The number of nitrogens with one attached hydrogen (secondary N) is 2. The molecule has 4 N–H and O–H groups in total. The standard InChI is InChI=1S/C7H13N3OS/c1-4(12)7(11)10-6-3-9-2-5(6)8/h5-6,9,12H,1-3,8H2,(H,10,11)/t5?,6-/m0/s1. The summed E-state index contributed by atoms with van der Waals surface area (Å²) in [5, 5.41) is 5.80. The van der Waals surface area contributed by atoms with Crippen LogP contribution in [-0.4, -0.2) is 31.1 Å². The lowest BCUT2D eigenvalue weighted by Gasteiger charge is -2.15. The van der Waals surface area contributed by atoms with Gasteiger partial charge in [-0.1, -0.05) is 6.58 Å². The van der Waals surface area contributed by atoms with Crippen LogP contribution in [0.5, 0.6) is 0 Å². The van der Waals surface area contributed by atoms with Gasteiger partial charge in [0, 0.05) is 19.1 Å². The van der Waals surface area contributed by atoms with Crippen molar-refractivity contribution in [3.63, 3.8) is 0 Å². The molecule has 2 atom stereocenters. The van der Waals surface area contributed by atoms with Gasteiger partial charge in [0.1, 0.15) is 0 Å². The molecule has 4 nitrogen and oxygen atoms in total. The summed E-state index contributed by atoms with van der Waals surface area (Å²) < 4.78 is 0. The fraction of sp³-hybridized carbons (Fsp3) is 0.571. The molecule has 1 fully saturated rings. The Hall–Kier alpha value is -0.520. The highest BCUT2D eigenvalue weighted by molar-refractivity contribution is 7.85. The minimum Gasteiger partial charge on any atom is -0.346 e. The maximum absolute atomic E-state index is 11.1. The molecule has 68 valence electrons. The van der Waals surface area contributed by atoms with Crippen LogP contribution in [0.25, 0.3) is 0 Å². The molecule has 1 heterocycles. The van der Waals surface area contributed by atoms with Crippen molar-refractivity contribution in [1.29, 1.82) is 0 Å². The van der Waals surface area contributed by atoms with Crippen molar-refractivity contribution in [2.45, 2.75) is 12.1 Å². The molecule has 1 rings (SSSR count). The highest BCUT2D eigenvalue weighted by Gasteiger charge is 2.24. The van der Waals surface area contributed by atoms with E-state index in [-0.39, 0.29) is 22.9 Å². The molecule has 0 spiro atoms. The van der Waals surface area contributed by atoms with Crippen molar-refractivity contribution in [2.24, 2.45) is 5.73 Å². The van der Waals surface area contributed by atoms with Crippen LogP contribution in [0.4, 0.5) is 0 Å². The van der Waals surface area contributed by atoms with Crippen molar-refractivity contribution < 1.29 is 4.79 Å². The normalized spacial score (nSPS) is 28.5. The first-order valence-electron chi connectivity index (χ1n) is 3.76. The summed E-state index contributed by atoms with van der Waals surface area (Å²) >= 11 is 3.83. The van der Waals surface area contributed by atoms with Gasteiger partial charge >= 0.3 is 0 Å². The third-order valence-corrected chi connectivity index (χ3v) is 2.04. The fourth-order valence-corrected chi connectivity index (χ4v) is 1.17. The van der Waals surface area contributed by atoms with E-state index in [4.69, 9.17) is 5.73 Å². The third-order valence-electron chi connectivity index (χ3n) is 1.84. The maximum Gasteiger partial charge on any atom is 0.257 e. The van der Waals surface area contributed by atoms with E-state index < -0.39 is 0 Å². The molecule has 1 aliphatic heterocycles. The molecular weight excluding hydrogens is 174 g/mol. The topological polar surface area (TPSA) is 67.2 Å². The van der Waals surface area contributed by atoms with Crippen molar-refractivity contribution in [3.05, 3.63) is 11.5 Å². The van der Waals surface area contributed by atoms with Gasteiger partial charge in [0.2, 0.25) is 0 Å². The van der Waals surface area contributed by atoms with Crippen molar-refractivity contribution in [1.82, 2.24) is 10.6 Å². The second kappa shape index (κ2) is 3.93. The SMILES string of the molecule is C=C(S)C(=O)N[C@H]1CNCC1N. The smallest absolute Gasteiger partial charge is 0.257 e. The van der Waals surface area contributed by atoms with Crippen molar-refractivity contribution in [3.8, 4) is 0 Å². The molecule has 1 aliphatic rings. The lowest BCUT2D eigenvalue weighted by Crippen LogP contribution is -2.46. The highest BCUT2D eigenvalue weighted by atomic mass is 32.1. The zero-order valence-corrected chi connectivity index (χ0v) is 7.60. The van der Waals surface area contributed by atoms with Gasteiger partial charge in [-0.05, 0) is 0 Å². The Balaban J connectivity index is 2.40. The van der Waals surface area contributed by atoms with Gasteiger partial charge in [-0.3, -0.25) is 4.79 Å². The molecule has 1 saturated heterocycles. The highest BCUT2D eigenvalue weighted by Crippen LogP contribution is 2.00. The van der Waals surface area contributed by atoms with Gasteiger partial charge in [-0.2, -0.15) is 0 Å². The Morgan fingerprint density at radius 3 is 2.75 bits per heavy atom. The van der Waals surface area contributed by atoms with Crippen LogP contribution < -0.4 is 16.4 Å². The molecule has 12 heavy (non-hydrogen) atoms. The van der Waals surface area contributed by atoms with Crippen molar-refractivity contribution in [2.75, 3.05) is 13.1 Å². The predicted octanol–water partition coefficient (Wildman–Crippen LogP) is -1.15. The van der Waals surface area contributed by atoms with E-state index in [2.05, 4.69) is 29.8 Å². The molecule has 0 aromatic carbocycles. The van der Waals surface area contributed by atoms with E-state index in [1.807, 2.05) is 0 Å². The monoisotopic (exact) mass is 187 g/mol. The first-order chi connectivity index (χ1) is 5.61. The number of carbonyl (C=O) groups is 1. The van der Waals surface area contributed by atoms with Gasteiger partial charge < -0.3 is 16.4 Å². The summed E-state index contributed by atoms with van der Waals surface area (Å²) in [6.07, 6.45) is 0. The minimum atomic E-state index is -0.248. The number of hydrogen-bond donors (Lipinski definition) is 4.